The molecule has 0 radical (unpaired) electrons. The van der Waals surface area contributed by atoms with Crippen LogP contribution in [0, 0.1) is 17.9 Å². The molecule has 0 saturated carbocycles. The fraction of sp³-hybridized carbons (Fsp3) is 0.0909. The van der Waals surface area contributed by atoms with Crippen molar-refractivity contribution in [2.24, 2.45) is 0 Å². The normalized spacial score (nSPS) is 14.2. The lowest BCUT2D eigenvalue weighted by atomic mass is 10.0. The van der Waals surface area contributed by atoms with Gasteiger partial charge in [0.2, 0.25) is 0 Å². The van der Waals surface area contributed by atoms with E-state index in [4.69, 9.17) is 6.57 Å². The summed E-state index contributed by atoms with van der Waals surface area (Å²) in [4.78, 5) is 11.6. The molecule has 2 aromatic carbocycles. The lowest BCUT2D eigenvalue weighted by molar-refractivity contribution is -0.143. The van der Waals surface area contributed by atoms with Gasteiger partial charge in [-0.3, -0.25) is 4.98 Å². The van der Waals surface area contributed by atoms with Crippen LogP contribution in [-0.2, 0) is 12.4 Å². The summed E-state index contributed by atoms with van der Waals surface area (Å²) in [6, 6.07) is 9.51. The molecule has 0 spiro atoms. The van der Waals surface area contributed by atoms with Crippen molar-refractivity contribution in [2.45, 2.75) is 12.4 Å². The zero-order chi connectivity index (χ0) is 23.3. The molecule has 4 nitrogen and oxygen atoms in total. The summed E-state index contributed by atoms with van der Waals surface area (Å²) in [6.45, 7) is 7.23. The van der Waals surface area contributed by atoms with E-state index in [1.807, 2.05) is 0 Å². The minimum Gasteiger partial charge on any atom is -0.253 e. The van der Waals surface area contributed by atoms with Gasteiger partial charge in [-0.25, -0.2) is 15.1 Å². The van der Waals surface area contributed by atoms with E-state index >= 15 is 0 Å². The van der Waals surface area contributed by atoms with Gasteiger partial charge in [-0.2, -0.15) is 26.3 Å². The first-order chi connectivity index (χ1) is 15.0. The zero-order valence-corrected chi connectivity index (χ0v) is 15.7. The second-order valence-electron chi connectivity index (χ2n) is 6.74. The fourth-order valence-electron chi connectivity index (χ4n) is 3.41. The van der Waals surface area contributed by atoms with Gasteiger partial charge >= 0.3 is 12.4 Å². The van der Waals surface area contributed by atoms with Gasteiger partial charge in [0.15, 0.2) is 0 Å². The van der Waals surface area contributed by atoms with Gasteiger partial charge in [0, 0.05) is 16.7 Å². The summed E-state index contributed by atoms with van der Waals surface area (Å²) in [5.41, 5.74) is -2.33. The van der Waals surface area contributed by atoms with Crippen LogP contribution in [-0.4, -0.2) is 9.97 Å². The number of halogens is 6. The van der Waals surface area contributed by atoms with Crippen LogP contribution in [0.3, 0.4) is 0 Å². The first-order valence-electron chi connectivity index (χ1n) is 8.83. The van der Waals surface area contributed by atoms with Crippen LogP contribution in [0.2, 0.25) is 0 Å². The number of hydrogen-bond acceptors (Lipinski definition) is 3. The van der Waals surface area contributed by atoms with Crippen molar-refractivity contribution in [2.75, 3.05) is 0 Å². The van der Waals surface area contributed by atoms with Crippen molar-refractivity contribution in [1.82, 2.24) is 9.97 Å². The molecule has 10 heteroatoms. The van der Waals surface area contributed by atoms with Crippen molar-refractivity contribution in [1.29, 1.82) is 5.26 Å². The third-order valence-electron chi connectivity index (χ3n) is 4.80. The van der Waals surface area contributed by atoms with E-state index in [-0.39, 0.29) is 34.4 Å². The first kappa shape index (κ1) is 21.1. The second kappa shape index (κ2) is 7.20. The maximum Gasteiger partial charge on any atom is 0.416 e. The summed E-state index contributed by atoms with van der Waals surface area (Å²) >= 11 is 0. The van der Waals surface area contributed by atoms with Gasteiger partial charge in [0.1, 0.15) is 0 Å². The average molecular weight is 442 g/mol. The van der Waals surface area contributed by atoms with Crippen LogP contribution in [0.5, 0.6) is 0 Å². The van der Waals surface area contributed by atoms with E-state index in [1.54, 1.807) is 30.3 Å². The molecular formula is C22H8F6N4. The van der Waals surface area contributed by atoms with Crippen LogP contribution in [0.15, 0.2) is 54.4 Å². The molecule has 0 N–H and O–H groups in total. The first-order valence-corrected chi connectivity index (χ1v) is 8.83. The molecule has 1 aromatic heterocycles. The van der Waals surface area contributed by atoms with E-state index in [0.29, 0.717) is 23.3 Å². The van der Waals surface area contributed by atoms with Crippen molar-refractivity contribution < 1.29 is 26.3 Å². The maximum atomic E-state index is 13.2. The van der Waals surface area contributed by atoms with Gasteiger partial charge in [0.05, 0.1) is 47.0 Å². The highest BCUT2D eigenvalue weighted by Gasteiger charge is 2.37. The average Bonchev–Trinajstić information content (AvgIpc) is 3.07. The number of nitrogens with zero attached hydrogens (tertiary/aromatic N) is 4. The molecule has 0 fully saturated rings. The molecule has 4 rings (SSSR count). The molecule has 0 amide bonds. The highest BCUT2D eigenvalue weighted by atomic mass is 19.4. The minimum absolute atomic E-state index is 0.0371. The molecule has 0 atom stereocenters. The Kier molecular flexibility index (Phi) is 4.74. The Bertz CT molecular complexity index is 1320. The Balaban J connectivity index is 1.98. The molecule has 0 aliphatic heterocycles. The molecule has 0 unspecified atom stereocenters. The lowest BCUT2D eigenvalue weighted by Crippen LogP contribution is -2.11. The molecule has 32 heavy (non-hydrogen) atoms. The van der Waals surface area contributed by atoms with Gasteiger partial charge in [-0.1, -0.05) is 24.3 Å². The topological polar surface area (TPSA) is 53.9 Å². The Morgan fingerprint density at radius 1 is 0.906 bits per heavy atom. The maximum absolute atomic E-state index is 13.2. The Labute approximate surface area is 176 Å². The summed E-state index contributed by atoms with van der Waals surface area (Å²) in [6.07, 6.45) is -8.97. The molecule has 3 aromatic rings. The monoisotopic (exact) mass is 442 g/mol. The third-order valence-corrected chi connectivity index (χ3v) is 4.80. The van der Waals surface area contributed by atoms with E-state index in [1.165, 1.54) is 0 Å². The van der Waals surface area contributed by atoms with Gasteiger partial charge < -0.3 is 0 Å². The van der Waals surface area contributed by atoms with Crippen molar-refractivity contribution >= 4 is 5.57 Å². The molecule has 158 valence electrons. The molecular weight excluding hydrogens is 434 g/mol. The van der Waals surface area contributed by atoms with Gasteiger partial charge in [-0.15, -0.1) is 0 Å². The van der Waals surface area contributed by atoms with E-state index in [9.17, 15) is 31.6 Å². The largest absolute Gasteiger partial charge is 0.416 e. The van der Waals surface area contributed by atoms with Crippen LogP contribution in [0.4, 0.5) is 26.3 Å². The summed E-state index contributed by atoms with van der Waals surface area (Å²) in [5.74, 6) is 0. The van der Waals surface area contributed by atoms with Crippen LogP contribution < -0.4 is 0 Å². The minimum atomic E-state index is -5.00. The van der Waals surface area contributed by atoms with E-state index < -0.39 is 29.0 Å². The fourth-order valence-corrected chi connectivity index (χ4v) is 3.41. The number of fused-ring (bicyclic) bond motifs is 3. The molecule has 0 saturated heterocycles. The van der Waals surface area contributed by atoms with Gasteiger partial charge in [0.25, 0.3) is 5.70 Å². The van der Waals surface area contributed by atoms with Crippen LogP contribution in [0.1, 0.15) is 22.4 Å². The van der Waals surface area contributed by atoms with Gasteiger partial charge in [-0.05, 0) is 23.8 Å². The highest BCUT2D eigenvalue weighted by Crippen LogP contribution is 2.45. The Morgan fingerprint density at radius 3 is 2.03 bits per heavy atom. The number of nitriles is 1. The predicted molar refractivity (Wildman–Crippen MR) is 101 cm³/mol. The number of hydrogen-bond donors (Lipinski definition) is 0. The zero-order valence-electron chi connectivity index (χ0n) is 15.7. The summed E-state index contributed by atoms with van der Waals surface area (Å²) in [5, 5.41) is 9.30. The number of aromatic nitrogens is 2. The van der Waals surface area contributed by atoms with Crippen LogP contribution in [0.25, 0.3) is 32.9 Å². The van der Waals surface area contributed by atoms with E-state index in [2.05, 4.69) is 14.8 Å². The van der Waals surface area contributed by atoms with Crippen molar-refractivity contribution in [3.05, 3.63) is 88.2 Å². The smallest absolute Gasteiger partial charge is 0.253 e. The Hall–Kier alpha value is -4.18. The lowest BCUT2D eigenvalue weighted by Gasteiger charge is -2.14. The number of benzene rings is 2. The predicted octanol–water partition coefficient (Wildman–Crippen LogP) is 6.36. The Morgan fingerprint density at radius 2 is 1.50 bits per heavy atom. The molecule has 0 bridgehead atoms. The van der Waals surface area contributed by atoms with Crippen molar-refractivity contribution in [3.63, 3.8) is 0 Å². The quantitative estimate of drug-likeness (QED) is 0.196. The molecule has 1 heterocycles. The summed E-state index contributed by atoms with van der Waals surface area (Å²) in [7, 11) is 0. The third kappa shape index (κ3) is 3.46. The molecule has 1 aliphatic rings. The van der Waals surface area contributed by atoms with Crippen molar-refractivity contribution in [3.8, 4) is 28.6 Å². The summed E-state index contributed by atoms with van der Waals surface area (Å²) < 4.78 is 79.3. The number of alkyl halides is 6. The highest BCUT2D eigenvalue weighted by molar-refractivity contribution is 6.01. The van der Waals surface area contributed by atoms with Crippen LogP contribution >= 0.6 is 0 Å². The number of allylic oxidation sites excluding steroid dienone is 1. The SMILES string of the molecule is [C-]#[N+]/C(C#N)=C1\c2ccccc2-c2nc(-c3cc(C(F)(F)F)cc(C(F)(F)F)c3)cnc21. The standard InChI is InChI=1S/C22H8F6N4/c1-30-16(9-29)18-14-4-2-3-5-15(14)19-20(18)31-10-17(32-19)11-6-12(21(23,24)25)8-13(7-11)22(26,27)28/h2-8,10H/b18-16+. The number of rotatable bonds is 1. The van der Waals surface area contributed by atoms with E-state index in [0.717, 1.165) is 6.20 Å². The molecule has 1 aliphatic carbocycles. The second-order valence-corrected chi connectivity index (χ2v) is 6.74.